The summed E-state index contributed by atoms with van der Waals surface area (Å²) >= 11 is 6.40. The molecule has 5 atom stereocenters. The Balaban J connectivity index is 1.46. The van der Waals surface area contributed by atoms with Crippen molar-refractivity contribution in [2.45, 2.75) is 63.4 Å². The van der Waals surface area contributed by atoms with Crippen LogP contribution in [0.4, 0.5) is 10.5 Å². The van der Waals surface area contributed by atoms with E-state index in [1.54, 1.807) is 12.1 Å². The number of halogens is 1. The fourth-order valence-electron chi connectivity index (χ4n) is 6.52. The summed E-state index contributed by atoms with van der Waals surface area (Å²) in [5.41, 5.74) is 0.730. The molecule has 61 heavy (non-hydrogen) atoms. The molecule has 0 amide bonds. The second-order valence-corrected chi connectivity index (χ2v) is 14.5. The zero-order chi connectivity index (χ0) is 43.0. The first-order valence-corrected chi connectivity index (χ1v) is 19.8. The van der Waals surface area contributed by atoms with Crippen molar-refractivity contribution < 1.29 is 48.0 Å². The molecule has 0 aliphatic carbocycles. The molecule has 0 saturated heterocycles. The van der Waals surface area contributed by atoms with Crippen molar-refractivity contribution in [3.8, 4) is 5.75 Å². The SMILES string of the molecule is C[C@@H](O)[C@@H](OCc1ccccc1)[C@H](OCc1ccccc1)[C@@](Cc1ccccc1)(OCc1ccccc1)C(=O)OC(OC(=O)Oc1ccc([N+](=O)[O-])cc1)c1cccc(Cl)c1. The number of nitro groups is 1. The van der Waals surface area contributed by atoms with Gasteiger partial charge in [0.2, 0.25) is 0 Å². The van der Waals surface area contributed by atoms with Crippen LogP contribution < -0.4 is 4.74 Å². The number of ether oxygens (including phenoxy) is 6. The number of non-ortho nitro benzene ring substituents is 1. The van der Waals surface area contributed by atoms with Crippen LogP contribution in [0, 0.1) is 10.1 Å². The number of rotatable bonds is 20. The van der Waals surface area contributed by atoms with Crippen LogP contribution in [-0.2, 0) is 54.7 Å². The van der Waals surface area contributed by atoms with Gasteiger partial charge in [0.25, 0.3) is 12.0 Å². The molecule has 0 fully saturated rings. The quantitative estimate of drug-likeness (QED) is 0.0257. The van der Waals surface area contributed by atoms with E-state index in [1.807, 2.05) is 121 Å². The molecule has 6 rings (SSSR count). The van der Waals surface area contributed by atoms with Crippen LogP contribution in [0.1, 0.15) is 41.0 Å². The Kier molecular flexibility index (Phi) is 15.7. The molecule has 13 heteroatoms. The molecule has 0 heterocycles. The van der Waals surface area contributed by atoms with E-state index in [2.05, 4.69) is 0 Å². The zero-order valence-electron chi connectivity index (χ0n) is 33.2. The van der Waals surface area contributed by atoms with Crippen molar-refractivity contribution >= 4 is 29.4 Å². The van der Waals surface area contributed by atoms with Crippen LogP contribution in [-0.4, -0.2) is 46.1 Å². The second kappa shape index (κ2) is 21.7. The summed E-state index contributed by atoms with van der Waals surface area (Å²) in [6.07, 6.45) is -7.07. The van der Waals surface area contributed by atoms with Crippen LogP contribution in [0.5, 0.6) is 5.75 Å². The van der Waals surface area contributed by atoms with Gasteiger partial charge in [0.05, 0.1) is 30.8 Å². The van der Waals surface area contributed by atoms with Gasteiger partial charge in [-0.05, 0) is 53.4 Å². The third-order valence-electron chi connectivity index (χ3n) is 9.57. The molecular formula is C48H44ClNO11. The molecule has 0 aliphatic heterocycles. The number of hydrogen-bond acceptors (Lipinski definition) is 11. The van der Waals surface area contributed by atoms with Crippen molar-refractivity contribution in [1.82, 2.24) is 0 Å². The van der Waals surface area contributed by atoms with Crippen molar-refractivity contribution in [3.05, 3.63) is 213 Å². The van der Waals surface area contributed by atoms with Crippen LogP contribution >= 0.6 is 11.6 Å². The minimum Gasteiger partial charge on any atom is -0.418 e. The van der Waals surface area contributed by atoms with E-state index in [-0.39, 0.29) is 48.3 Å². The smallest absolute Gasteiger partial charge is 0.418 e. The summed E-state index contributed by atoms with van der Waals surface area (Å²) in [4.78, 5) is 39.6. The molecule has 1 unspecified atom stereocenters. The Bertz CT molecular complexity index is 2300. The summed E-state index contributed by atoms with van der Waals surface area (Å²) in [6.45, 7) is 1.43. The Morgan fingerprint density at radius 3 is 1.72 bits per heavy atom. The molecule has 0 spiro atoms. The predicted molar refractivity (Wildman–Crippen MR) is 226 cm³/mol. The number of aliphatic hydroxyl groups is 1. The largest absolute Gasteiger partial charge is 0.517 e. The van der Waals surface area contributed by atoms with E-state index in [0.717, 1.165) is 23.3 Å². The average Bonchev–Trinajstić information content (AvgIpc) is 3.27. The summed E-state index contributed by atoms with van der Waals surface area (Å²) < 4.78 is 37.5. The first kappa shape index (κ1) is 44.2. The Morgan fingerprint density at radius 1 is 0.672 bits per heavy atom. The lowest BCUT2D eigenvalue weighted by Crippen LogP contribution is -2.62. The van der Waals surface area contributed by atoms with E-state index in [4.69, 9.17) is 40.0 Å². The lowest BCUT2D eigenvalue weighted by molar-refractivity contribution is -0.384. The lowest BCUT2D eigenvalue weighted by atomic mass is 9.83. The van der Waals surface area contributed by atoms with Gasteiger partial charge in [-0.15, -0.1) is 0 Å². The molecule has 12 nitrogen and oxygen atoms in total. The molecular weight excluding hydrogens is 802 g/mol. The summed E-state index contributed by atoms with van der Waals surface area (Å²) in [5.74, 6) is -1.10. The maximum atomic E-state index is 15.6. The van der Waals surface area contributed by atoms with E-state index < -0.39 is 47.3 Å². The van der Waals surface area contributed by atoms with Gasteiger partial charge in [-0.25, -0.2) is 9.59 Å². The third-order valence-corrected chi connectivity index (χ3v) is 9.81. The molecule has 0 aliphatic rings. The zero-order valence-corrected chi connectivity index (χ0v) is 33.9. The highest BCUT2D eigenvalue weighted by Gasteiger charge is 2.55. The van der Waals surface area contributed by atoms with Gasteiger partial charge >= 0.3 is 12.1 Å². The Labute approximate surface area is 358 Å². The fraction of sp³-hybridized carbons (Fsp3) is 0.208. The number of hydrogen-bond donors (Lipinski definition) is 1. The monoisotopic (exact) mass is 845 g/mol. The minimum atomic E-state index is -2.13. The molecule has 1 N–H and O–H groups in total. The van der Waals surface area contributed by atoms with Crippen molar-refractivity contribution in [3.63, 3.8) is 0 Å². The van der Waals surface area contributed by atoms with Gasteiger partial charge in [0.15, 0.2) is 5.60 Å². The van der Waals surface area contributed by atoms with E-state index >= 15 is 4.79 Å². The predicted octanol–water partition coefficient (Wildman–Crippen LogP) is 9.76. The van der Waals surface area contributed by atoms with Crippen LogP contribution in [0.15, 0.2) is 170 Å². The summed E-state index contributed by atoms with van der Waals surface area (Å²) in [7, 11) is 0. The van der Waals surface area contributed by atoms with Gasteiger partial charge in [-0.3, -0.25) is 10.1 Å². The normalized spacial score (nSPS) is 14.1. The number of carbonyl (C=O) groups excluding carboxylic acids is 2. The highest BCUT2D eigenvalue weighted by molar-refractivity contribution is 6.30. The first-order valence-electron chi connectivity index (χ1n) is 19.4. The lowest BCUT2D eigenvalue weighted by Gasteiger charge is -2.43. The van der Waals surface area contributed by atoms with Gasteiger partial charge in [-0.1, -0.05) is 145 Å². The molecule has 0 bridgehead atoms. The van der Waals surface area contributed by atoms with Gasteiger partial charge < -0.3 is 33.5 Å². The topological polar surface area (TPSA) is 153 Å². The van der Waals surface area contributed by atoms with Crippen LogP contribution in [0.2, 0.25) is 5.02 Å². The minimum absolute atomic E-state index is 0.0300. The van der Waals surface area contributed by atoms with E-state index in [0.29, 0.717) is 11.1 Å². The highest BCUT2D eigenvalue weighted by Crippen LogP contribution is 2.36. The maximum absolute atomic E-state index is 15.6. The molecule has 0 radical (unpaired) electrons. The molecule has 6 aromatic rings. The Hall–Kier alpha value is -6.41. The highest BCUT2D eigenvalue weighted by atomic mass is 35.5. The van der Waals surface area contributed by atoms with Crippen LogP contribution in [0.3, 0.4) is 0 Å². The third kappa shape index (κ3) is 12.6. The number of aliphatic hydroxyl groups excluding tert-OH is 1. The van der Waals surface area contributed by atoms with E-state index in [1.165, 1.54) is 31.2 Å². The number of esters is 1. The van der Waals surface area contributed by atoms with Gasteiger partial charge in [0.1, 0.15) is 18.0 Å². The molecule has 0 saturated carbocycles. The fourth-order valence-corrected chi connectivity index (χ4v) is 6.72. The van der Waals surface area contributed by atoms with Gasteiger partial charge in [0, 0.05) is 29.1 Å². The second-order valence-electron chi connectivity index (χ2n) is 14.1. The molecule has 6 aromatic carbocycles. The number of benzene rings is 6. The van der Waals surface area contributed by atoms with Gasteiger partial charge in [-0.2, -0.15) is 0 Å². The number of carbonyl (C=O) groups is 2. The molecule has 0 aromatic heterocycles. The Morgan fingerprint density at radius 2 is 1.20 bits per heavy atom. The summed E-state index contributed by atoms with van der Waals surface area (Å²) in [5, 5.41) is 23.1. The van der Waals surface area contributed by atoms with Crippen molar-refractivity contribution in [1.29, 1.82) is 0 Å². The average molecular weight is 846 g/mol. The van der Waals surface area contributed by atoms with Crippen LogP contribution in [0.25, 0.3) is 0 Å². The number of nitro benzene ring substituents is 1. The molecule has 314 valence electrons. The first-order chi connectivity index (χ1) is 29.6. The van der Waals surface area contributed by atoms with E-state index in [9.17, 15) is 20.0 Å². The maximum Gasteiger partial charge on any atom is 0.517 e. The number of nitrogens with zero attached hydrogens (tertiary/aromatic N) is 1. The standard InChI is InChI=1S/C48H44ClNO11/c1-34(51)43(56-31-36-17-8-3-9-18-36)44(57-32-37-19-10-4-11-20-37)48(30-35-15-6-2-7-16-35,58-33-38-21-12-5-13-22-38)46(52)60-45(39-23-14-24-40(49)29-39)61-47(53)59-42-27-25-41(26-28-42)50(54)55/h2-29,34,43-45,51H,30-33H2,1H3/t34-,43-,44+,45?,48-/m1/s1. The summed E-state index contributed by atoms with van der Waals surface area (Å²) in [6, 6.07) is 47.9. The van der Waals surface area contributed by atoms with Crippen molar-refractivity contribution in [2.75, 3.05) is 0 Å². The van der Waals surface area contributed by atoms with Crippen molar-refractivity contribution in [2.24, 2.45) is 0 Å².